The first-order valence-corrected chi connectivity index (χ1v) is 6.60. The van der Waals surface area contributed by atoms with Crippen LogP contribution >= 0.6 is 0 Å². The van der Waals surface area contributed by atoms with Crippen molar-refractivity contribution in [3.63, 3.8) is 0 Å². The summed E-state index contributed by atoms with van der Waals surface area (Å²) in [6, 6.07) is 11.3. The van der Waals surface area contributed by atoms with Gasteiger partial charge in [-0.1, -0.05) is 31.5 Å². The van der Waals surface area contributed by atoms with Crippen molar-refractivity contribution in [2.45, 2.75) is 32.2 Å². The molecular formula is C15H19N3O. The van der Waals surface area contributed by atoms with Crippen LogP contribution in [-0.4, -0.2) is 21.6 Å². The molecular weight excluding hydrogens is 238 g/mol. The van der Waals surface area contributed by atoms with Crippen LogP contribution in [-0.2, 0) is 0 Å². The molecule has 4 heteroatoms. The maximum Gasteiger partial charge on any atom is 0.182 e. The Morgan fingerprint density at radius 2 is 2.05 bits per heavy atom. The van der Waals surface area contributed by atoms with Gasteiger partial charge in [-0.25, -0.2) is 4.68 Å². The van der Waals surface area contributed by atoms with Crippen LogP contribution in [0, 0.1) is 0 Å². The summed E-state index contributed by atoms with van der Waals surface area (Å²) in [6.07, 6.45) is 3.87. The maximum atomic E-state index is 12.2. The molecule has 2 aromatic rings. The summed E-state index contributed by atoms with van der Waals surface area (Å²) in [6.45, 7) is 2.07. The van der Waals surface area contributed by atoms with Gasteiger partial charge in [-0.15, -0.1) is 0 Å². The Kier molecular flexibility index (Phi) is 4.47. The average Bonchev–Trinajstić information content (AvgIpc) is 2.89. The number of nitrogens with zero attached hydrogens (tertiary/aromatic N) is 2. The summed E-state index contributed by atoms with van der Waals surface area (Å²) in [5, 5.41) is 4.22. The summed E-state index contributed by atoms with van der Waals surface area (Å²) in [7, 11) is 0. The predicted octanol–water partition coefficient (Wildman–Crippen LogP) is 2.57. The lowest BCUT2D eigenvalue weighted by atomic mass is 10.0. The third-order valence-corrected chi connectivity index (χ3v) is 3.04. The second kappa shape index (κ2) is 6.29. The van der Waals surface area contributed by atoms with Gasteiger partial charge in [0.25, 0.3) is 0 Å². The molecule has 1 heterocycles. The monoisotopic (exact) mass is 257 g/mol. The number of carbonyl (C=O) groups is 1. The number of Topliss-reactive ketones (excluding diaryl/α,β-unsaturated/α-hetero) is 1. The lowest BCUT2D eigenvalue weighted by Crippen LogP contribution is -2.24. The third kappa shape index (κ3) is 3.29. The fourth-order valence-electron chi connectivity index (χ4n) is 2.10. The molecule has 2 rings (SSSR count). The number of ketones is 1. The highest BCUT2D eigenvalue weighted by molar-refractivity contribution is 5.95. The number of aromatic nitrogens is 2. The summed E-state index contributed by atoms with van der Waals surface area (Å²) in [5.41, 5.74) is 7.41. The van der Waals surface area contributed by atoms with E-state index >= 15 is 0 Å². The topological polar surface area (TPSA) is 60.9 Å². The highest BCUT2D eigenvalue weighted by atomic mass is 16.1. The lowest BCUT2D eigenvalue weighted by Gasteiger charge is -2.10. The van der Waals surface area contributed by atoms with E-state index in [1.54, 1.807) is 16.9 Å². The van der Waals surface area contributed by atoms with Gasteiger partial charge in [0.15, 0.2) is 5.78 Å². The van der Waals surface area contributed by atoms with E-state index < -0.39 is 0 Å². The largest absolute Gasteiger partial charge is 0.327 e. The molecule has 0 spiro atoms. The first-order chi connectivity index (χ1) is 9.22. The first kappa shape index (κ1) is 13.5. The van der Waals surface area contributed by atoms with Crippen LogP contribution in [0.25, 0.3) is 5.69 Å². The SMILES string of the molecule is CCCC(N)CC(=O)c1ccnn1-c1ccccc1. The molecule has 100 valence electrons. The zero-order chi connectivity index (χ0) is 13.7. The average molecular weight is 257 g/mol. The molecule has 0 aliphatic rings. The minimum absolute atomic E-state index is 0.0438. The first-order valence-electron chi connectivity index (χ1n) is 6.60. The predicted molar refractivity (Wildman–Crippen MR) is 75.4 cm³/mol. The van der Waals surface area contributed by atoms with E-state index in [0.717, 1.165) is 18.5 Å². The number of nitrogens with two attached hydrogens (primary N) is 1. The van der Waals surface area contributed by atoms with Crippen molar-refractivity contribution in [2.75, 3.05) is 0 Å². The number of benzene rings is 1. The highest BCUT2D eigenvalue weighted by Crippen LogP contribution is 2.13. The van der Waals surface area contributed by atoms with Crippen LogP contribution in [0.4, 0.5) is 0 Å². The zero-order valence-corrected chi connectivity index (χ0v) is 11.1. The molecule has 1 aromatic heterocycles. The molecule has 1 aromatic carbocycles. The standard InChI is InChI=1S/C15H19N3O/c1-2-6-12(16)11-15(19)14-9-10-17-18(14)13-7-4-3-5-8-13/h3-5,7-10,12H,2,6,11,16H2,1H3. The smallest absolute Gasteiger partial charge is 0.182 e. The van der Waals surface area contributed by atoms with Gasteiger partial charge in [0.1, 0.15) is 5.69 Å². The van der Waals surface area contributed by atoms with E-state index in [1.807, 2.05) is 30.3 Å². The fourth-order valence-corrected chi connectivity index (χ4v) is 2.10. The highest BCUT2D eigenvalue weighted by Gasteiger charge is 2.16. The Hall–Kier alpha value is -1.94. The second-order valence-corrected chi connectivity index (χ2v) is 4.64. The molecule has 0 fully saturated rings. The van der Waals surface area contributed by atoms with E-state index in [9.17, 15) is 4.79 Å². The molecule has 0 aliphatic heterocycles. The molecule has 1 unspecified atom stereocenters. The summed E-state index contributed by atoms with van der Waals surface area (Å²) < 4.78 is 1.67. The van der Waals surface area contributed by atoms with Gasteiger partial charge in [0.05, 0.1) is 11.9 Å². The minimum atomic E-state index is -0.0726. The minimum Gasteiger partial charge on any atom is -0.327 e. The van der Waals surface area contributed by atoms with E-state index in [0.29, 0.717) is 12.1 Å². The number of carbonyl (C=O) groups excluding carboxylic acids is 1. The Labute approximate surface area is 113 Å². The fraction of sp³-hybridized carbons (Fsp3) is 0.333. The molecule has 1 atom stereocenters. The number of hydrogen-bond donors (Lipinski definition) is 1. The maximum absolute atomic E-state index is 12.2. The van der Waals surface area contributed by atoms with Crippen LogP contribution in [0.3, 0.4) is 0 Å². The van der Waals surface area contributed by atoms with E-state index in [1.165, 1.54) is 0 Å². The third-order valence-electron chi connectivity index (χ3n) is 3.04. The lowest BCUT2D eigenvalue weighted by molar-refractivity contribution is 0.0965. The second-order valence-electron chi connectivity index (χ2n) is 4.64. The van der Waals surface area contributed by atoms with Crippen molar-refractivity contribution in [1.82, 2.24) is 9.78 Å². The molecule has 2 N–H and O–H groups in total. The Balaban J connectivity index is 2.18. The van der Waals surface area contributed by atoms with Crippen LogP contribution in [0.5, 0.6) is 0 Å². The van der Waals surface area contributed by atoms with Crippen molar-refractivity contribution in [3.8, 4) is 5.69 Å². The Morgan fingerprint density at radius 3 is 2.74 bits per heavy atom. The van der Waals surface area contributed by atoms with Crippen LogP contribution < -0.4 is 5.73 Å². The van der Waals surface area contributed by atoms with Crippen molar-refractivity contribution in [2.24, 2.45) is 5.73 Å². The van der Waals surface area contributed by atoms with Crippen molar-refractivity contribution < 1.29 is 4.79 Å². The number of rotatable bonds is 6. The normalized spacial score (nSPS) is 12.3. The molecule has 4 nitrogen and oxygen atoms in total. The molecule has 0 amide bonds. The molecule has 19 heavy (non-hydrogen) atoms. The van der Waals surface area contributed by atoms with Crippen molar-refractivity contribution in [1.29, 1.82) is 0 Å². The molecule has 0 saturated heterocycles. The Morgan fingerprint density at radius 1 is 1.32 bits per heavy atom. The van der Waals surface area contributed by atoms with Gasteiger partial charge in [0.2, 0.25) is 0 Å². The quantitative estimate of drug-likeness (QED) is 0.809. The van der Waals surface area contributed by atoms with Gasteiger partial charge in [0, 0.05) is 12.5 Å². The molecule has 0 saturated carbocycles. The van der Waals surface area contributed by atoms with Gasteiger partial charge < -0.3 is 5.73 Å². The van der Waals surface area contributed by atoms with Gasteiger partial charge in [-0.2, -0.15) is 5.10 Å². The summed E-state index contributed by atoms with van der Waals surface area (Å²) in [5.74, 6) is 0.0438. The Bertz CT molecular complexity index is 533. The van der Waals surface area contributed by atoms with E-state index in [-0.39, 0.29) is 11.8 Å². The summed E-state index contributed by atoms with van der Waals surface area (Å²) >= 11 is 0. The van der Waals surface area contributed by atoms with Crippen LogP contribution in [0.15, 0.2) is 42.6 Å². The summed E-state index contributed by atoms with van der Waals surface area (Å²) in [4.78, 5) is 12.2. The van der Waals surface area contributed by atoms with Gasteiger partial charge >= 0.3 is 0 Å². The molecule has 0 radical (unpaired) electrons. The number of hydrogen-bond acceptors (Lipinski definition) is 3. The molecule has 0 aliphatic carbocycles. The van der Waals surface area contributed by atoms with Gasteiger partial charge in [-0.05, 0) is 24.6 Å². The van der Waals surface area contributed by atoms with Gasteiger partial charge in [-0.3, -0.25) is 4.79 Å². The molecule has 0 bridgehead atoms. The van der Waals surface area contributed by atoms with Crippen molar-refractivity contribution >= 4 is 5.78 Å². The number of para-hydroxylation sites is 1. The van der Waals surface area contributed by atoms with Crippen LogP contribution in [0.2, 0.25) is 0 Å². The van der Waals surface area contributed by atoms with E-state index in [4.69, 9.17) is 5.73 Å². The zero-order valence-electron chi connectivity index (χ0n) is 11.1. The van der Waals surface area contributed by atoms with E-state index in [2.05, 4.69) is 12.0 Å². The van der Waals surface area contributed by atoms with Crippen LogP contribution in [0.1, 0.15) is 36.7 Å². The van der Waals surface area contributed by atoms with Crippen molar-refractivity contribution in [3.05, 3.63) is 48.3 Å².